The molecule has 1 aliphatic carbocycles. The Morgan fingerprint density at radius 3 is 2.95 bits per heavy atom. The molecule has 20 heavy (non-hydrogen) atoms. The number of rotatable bonds is 4. The van der Waals surface area contributed by atoms with Crippen molar-refractivity contribution in [3.8, 4) is 5.75 Å². The van der Waals surface area contributed by atoms with E-state index in [2.05, 4.69) is 21.2 Å². The summed E-state index contributed by atoms with van der Waals surface area (Å²) in [5.41, 5.74) is 1.69. The lowest BCUT2D eigenvalue weighted by atomic mass is 9.89. The van der Waals surface area contributed by atoms with Crippen LogP contribution in [0.1, 0.15) is 41.6 Å². The third kappa shape index (κ3) is 3.98. The van der Waals surface area contributed by atoms with Gasteiger partial charge in [0, 0.05) is 11.4 Å². The van der Waals surface area contributed by atoms with Crippen LogP contribution in [0, 0.1) is 12.8 Å². The van der Waals surface area contributed by atoms with E-state index in [0.717, 1.165) is 18.5 Å². The second-order valence-corrected chi connectivity index (χ2v) is 6.84. The van der Waals surface area contributed by atoms with Crippen LogP contribution < -0.4 is 10.1 Å². The number of halogens is 1. The van der Waals surface area contributed by atoms with Crippen molar-refractivity contribution >= 4 is 21.8 Å². The van der Waals surface area contributed by atoms with Crippen molar-refractivity contribution in [2.75, 3.05) is 13.7 Å². The third-order valence-electron chi connectivity index (χ3n) is 3.87. The van der Waals surface area contributed by atoms with Crippen LogP contribution in [0.2, 0.25) is 0 Å². The molecule has 0 spiro atoms. The molecule has 0 bridgehead atoms. The summed E-state index contributed by atoms with van der Waals surface area (Å²) >= 11 is 3.68. The molecule has 2 rings (SSSR count). The Hall–Kier alpha value is -1.03. The zero-order valence-electron chi connectivity index (χ0n) is 12.1. The van der Waals surface area contributed by atoms with Gasteiger partial charge in [-0.2, -0.15) is 0 Å². The van der Waals surface area contributed by atoms with Crippen LogP contribution >= 0.6 is 15.9 Å². The van der Waals surface area contributed by atoms with Crippen molar-refractivity contribution in [2.24, 2.45) is 5.92 Å². The number of benzene rings is 1. The number of hydrogen-bond acceptors (Lipinski definition) is 2. The topological polar surface area (TPSA) is 38.3 Å². The fraction of sp³-hybridized carbons (Fsp3) is 0.562. The molecule has 2 atom stereocenters. The standard InChI is InChI=1S/C16H22BrNO2/c1-11-6-7-15(20-2)14(8-11)16(19)18-10-12-4-3-5-13(17)9-12/h6-8,12-13H,3-5,9-10H2,1-2H3,(H,18,19). The SMILES string of the molecule is COc1ccc(C)cc1C(=O)NCC1CCCC(Br)C1. The molecule has 0 heterocycles. The van der Waals surface area contributed by atoms with Crippen molar-refractivity contribution < 1.29 is 9.53 Å². The molecule has 110 valence electrons. The molecule has 0 saturated heterocycles. The van der Waals surface area contributed by atoms with E-state index in [-0.39, 0.29) is 5.91 Å². The molecule has 1 aromatic carbocycles. The maximum atomic E-state index is 12.3. The number of hydrogen-bond donors (Lipinski definition) is 1. The minimum atomic E-state index is -0.0396. The summed E-state index contributed by atoms with van der Waals surface area (Å²) in [5.74, 6) is 1.17. The predicted molar refractivity (Wildman–Crippen MR) is 84.7 cm³/mol. The van der Waals surface area contributed by atoms with Gasteiger partial charge in [-0.3, -0.25) is 4.79 Å². The molecule has 1 saturated carbocycles. The van der Waals surface area contributed by atoms with Gasteiger partial charge in [0.15, 0.2) is 0 Å². The highest BCUT2D eigenvalue weighted by molar-refractivity contribution is 9.09. The number of carbonyl (C=O) groups excluding carboxylic acids is 1. The number of nitrogens with one attached hydrogen (secondary N) is 1. The van der Waals surface area contributed by atoms with Gasteiger partial charge in [-0.25, -0.2) is 0 Å². The summed E-state index contributed by atoms with van der Waals surface area (Å²) in [4.78, 5) is 12.9. The predicted octanol–water partition coefficient (Wildman–Crippen LogP) is 3.69. The van der Waals surface area contributed by atoms with Crippen LogP contribution in [0.25, 0.3) is 0 Å². The first kappa shape index (κ1) is 15.4. The third-order valence-corrected chi connectivity index (χ3v) is 4.70. The van der Waals surface area contributed by atoms with Gasteiger partial charge in [0.05, 0.1) is 12.7 Å². The minimum Gasteiger partial charge on any atom is -0.496 e. The minimum absolute atomic E-state index is 0.0396. The number of ether oxygens (including phenoxy) is 1. The van der Waals surface area contributed by atoms with Gasteiger partial charge in [-0.1, -0.05) is 34.0 Å². The van der Waals surface area contributed by atoms with E-state index in [9.17, 15) is 4.79 Å². The molecule has 0 radical (unpaired) electrons. The second kappa shape index (κ2) is 7.11. The maximum absolute atomic E-state index is 12.3. The zero-order valence-corrected chi connectivity index (χ0v) is 13.7. The molecule has 1 fully saturated rings. The van der Waals surface area contributed by atoms with Crippen LogP contribution in [0.5, 0.6) is 5.75 Å². The molecule has 2 unspecified atom stereocenters. The van der Waals surface area contributed by atoms with E-state index in [4.69, 9.17) is 4.74 Å². The highest BCUT2D eigenvalue weighted by Crippen LogP contribution is 2.28. The Kier molecular flexibility index (Phi) is 5.46. The van der Waals surface area contributed by atoms with Crippen molar-refractivity contribution in [2.45, 2.75) is 37.4 Å². The first-order valence-corrected chi connectivity index (χ1v) is 8.08. The Morgan fingerprint density at radius 2 is 2.25 bits per heavy atom. The quantitative estimate of drug-likeness (QED) is 0.849. The molecule has 1 N–H and O–H groups in total. The fourth-order valence-corrected chi connectivity index (χ4v) is 3.59. The zero-order chi connectivity index (χ0) is 14.5. The van der Waals surface area contributed by atoms with E-state index in [1.54, 1.807) is 7.11 Å². The van der Waals surface area contributed by atoms with Crippen molar-refractivity contribution in [3.63, 3.8) is 0 Å². The lowest BCUT2D eigenvalue weighted by Gasteiger charge is -2.25. The number of aryl methyl sites for hydroxylation is 1. The van der Waals surface area contributed by atoms with E-state index in [1.807, 2.05) is 25.1 Å². The Morgan fingerprint density at radius 1 is 1.45 bits per heavy atom. The lowest BCUT2D eigenvalue weighted by molar-refractivity contribution is 0.0940. The molecule has 4 heteroatoms. The van der Waals surface area contributed by atoms with Crippen LogP contribution in [-0.2, 0) is 0 Å². The Bertz CT molecular complexity index is 476. The maximum Gasteiger partial charge on any atom is 0.255 e. The monoisotopic (exact) mass is 339 g/mol. The van der Waals surface area contributed by atoms with Crippen LogP contribution in [0.4, 0.5) is 0 Å². The average Bonchev–Trinajstić information content (AvgIpc) is 2.45. The van der Waals surface area contributed by atoms with Gasteiger partial charge < -0.3 is 10.1 Å². The normalized spacial score (nSPS) is 22.4. The lowest BCUT2D eigenvalue weighted by Crippen LogP contribution is -2.32. The highest BCUT2D eigenvalue weighted by atomic mass is 79.9. The van der Waals surface area contributed by atoms with Crippen LogP contribution in [0.15, 0.2) is 18.2 Å². The second-order valence-electron chi connectivity index (χ2n) is 5.54. The summed E-state index contributed by atoms with van der Waals surface area (Å²) in [6, 6.07) is 5.67. The van der Waals surface area contributed by atoms with Gasteiger partial charge in [0.25, 0.3) is 5.91 Å². The van der Waals surface area contributed by atoms with E-state index in [0.29, 0.717) is 22.1 Å². The van der Waals surface area contributed by atoms with E-state index < -0.39 is 0 Å². The van der Waals surface area contributed by atoms with Crippen molar-refractivity contribution in [1.82, 2.24) is 5.32 Å². The first-order chi connectivity index (χ1) is 9.60. The number of carbonyl (C=O) groups is 1. The molecule has 0 aliphatic heterocycles. The summed E-state index contributed by atoms with van der Waals surface area (Å²) in [6.45, 7) is 2.73. The smallest absolute Gasteiger partial charge is 0.255 e. The highest BCUT2D eigenvalue weighted by Gasteiger charge is 2.21. The molecule has 1 amide bonds. The van der Waals surface area contributed by atoms with Gasteiger partial charge in [-0.05, 0) is 44.2 Å². The summed E-state index contributed by atoms with van der Waals surface area (Å²) < 4.78 is 5.26. The fourth-order valence-electron chi connectivity index (χ4n) is 2.74. The molecular weight excluding hydrogens is 318 g/mol. The Balaban J connectivity index is 1.96. The first-order valence-electron chi connectivity index (χ1n) is 7.17. The summed E-state index contributed by atoms with van der Waals surface area (Å²) in [6.07, 6.45) is 4.83. The molecule has 0 aromatic heterocycles. The van der Waals surface area contributed by atoms with E-state index >= 15 is 0 Å². The van der Waals surface area contributed by atoms with Crippen LogP contribution in [-0.4, -0.2) is 24.4 Å². The molecule has 1 aromatic rings. The molecule has 3 nitrogen and oxygen atoms in total. The number of amides is 1. The van der Waals surface area contributed by atoms with Gasteiger partial charge in [0.1, 0.15) is 5.75 Å². The van der Waals surface area contributed by atoms with Crippen LogP contribution in [0.3, 0.4) is 0 Å². The molecular formula is C16H22BrNO2. The number of methoxy groups -OCH3 is 1. The largest absolute Gasteiger partial charge is 0.496 e. The van der Waals surface area contributed by atoms with Gasteiger partial charge >= 0.3 is 0 Å². The number of alkyl halides is 1. The van der Waals surface area contributed by atoms with Gasteiger partial charge in [-0.15, -0.1) is 0 Å². The van der Waals surface area contributed by atoms with Crippen molar-refractivity contribution in [1.29, 1.82) is 0 Å². The van der Waals surface area contributed by atoms with E-state index in [1.165, 1.54) is 19.3 Å². The Labute approximate surface area is 129 Å². The molecule has 1 aliphatic rings. The van der Waals surface area contributed by atoms with Crippen molar-refractivity contribution in [3.05, 3.63) is 29.3 Å². The summed E-state index contributed by atoms with van der Waals surface area (Å²) in [7, 11) is 1.60. The summed E-state index contributed by atoms with van der Waals surface area (Å²) in [5, 5.41) is 3.05. The van der Waals surface area contributed by atoms with Gasteiger partial charge in [0.2, 0.25) is 0 Å². The average molecular weight is 340 g/mol.